The number of aryl methyl sites for hydroxylation is 1. The van der Waals surface area contributed by atoms with Gasteiger partial charge in [-0.25, -0.2) is 13.5 Å². The van der Waals surface area contributed by atoms with Gasteiger partial charge in [0.25, 0.3) is 5.95 Å². The van der Waals surface area contributed by atoms with E-state index in [-0.39, 0.29) is 31.9 Å². The van der Waals surface area contributed by atoms with Crippen molar-refractivity contribution in [3.05, 3.63) is 24.0 Å². The second-order valence-corrected chi connectivity index (χ2v) is 6.32. The lowest BCUT2D eigenvalue weighted by Crippen LogP contribution is -2.32. The molecular weight excluding hydrogens is 342 g/mol. The summed E-state index contributed by atoms with van der Waals surface area (Å²) in [4.78, 5) is 8.72. The first kappa shape index (κ1) is 18.0. The van der Waals surface area contributed by atoms with Crippen LogP contribution in [-0.2, 0) is 0 Å². The van der Waals surface area contributed by atoms with Crippen molar-refractivity contribution < 1.29 is 13.5 Å². The molecule has 0 atom stereocenters. The van der Waals surface area contributed by atoms with Crippen LogP contribution >= 0.6 is 0 Å². The van der Waals surface area contributed by atoms with Crippen molar-refractivity contribution in [2.45, 2.75) is 51.0 Å². The maximum absolute atomic E-state index is 13.3. The van der Waals surface area contributed by atoms with E-state index in [0.29, 0.717) is 30.5 Å². The second-order valence-electron chi connectivity index (χ2n) is 6.32. The van der Waals surface area contributed by atoms with Crippen molar-refractivity contribution >= 4 is 5.82 Å². The predicted molar refractivity (Wildman–Crippen MR) is 90.4 cm³/mol. The number of halogens is 2. The van der Waals surface area contributed by atoms with Crippen molar-refractivity contribution in [3.8, 4) is 17.9 Å². The number of hydrogen-bond donors (Lipinski definition) is 1. The first-order chi connectivity index (χ1) is 12.4. The van der Waals surface area contributed by atoms with Crippen LogP contribution in [0, 0.1) is 18.3 Å². The van der Waals surface area contributed by atoms with Crippen molar-refractivity contribution in [1.82, 2.24) is 19.7 Å². The smallest absolute Gasteiger partial charge is 0.255 e. The third-order valence-corrected chi connectivity index (χ3v) is 4.15. The Morgan fingerprint density at radius 3 is 2.81 bits per heavy atom. The van der Waals surface area contributed by atoms with E-state index < -0.39 is 5.92 Å². The summed E-state index contributed by atoms with van der Waals surface area (Å²) in [6.07, 6.45) is 2.45. The first-order valence-electron chi connectivity index (χ1n) is 8.51. The monoisotopic (exact) mass is 362 g/mol. The molecule has 0 spiro atoms. The molecule has 3 rings (SSSR count). The molecule has 9 heteroatoms. The molecule has 1 N–H and O–H groups in total. The molecule has 0 aliphatic heterocycles. The summed E-state index contributed by atoms with van der Waals surface area (Å²) in [7, 11) is 0. The molecule has 0 aromatic carbocycles. The summed E-state index contributed by atoms with van der Waals surface area (Å²) in [5, 5.41) is 16.1. The fourth-order valence-corrected chi connectivity index (χ4v) is 2.78. The normalized spacial score (nSPS) is 16.8. The van der Waals surface area contributed by atoms with Gasteiger partial charge in [-0.3, -0.25) is 0 Å². The van der Waals surface area contributed by atoms with Crippen LogP contribution in [-0.4, -0.2) is 38.3 Å². The number of nitriles is 1. The quantitative estimate of drug-likeness (QED) is 0.794. The maximum Gasteiger partial charge on any atom is 0.255 e. The van der Waals surface area contributed by atoms with E-state index in [0.717, 1.165) is 5.69 Å². The number of aromatic nitrogens is 4. The molecule has 138 valence electrons. The zero-order valence-corrected chi connectivity index (χ0v) is 14.5. The Kier molecular flexibility index (Phi) is 5.30. The Hall–Kier alpha value is -2.76. The van der Waals surface area contributed by atoms with Crippen LogP contribution in [0.3, 0.4) is 0 Å². The molecular formula is C17H20F2N6O. The van der Waals surface area contributed by atoms with Gasteiger partial charge in [-0.2, -0.15) is 20.3 Å². The van der Waals surface area contributed by atoms with Crippen LogP contribution in [0.2, 0.25) is 0 Å². The lowest BCUT2D eigenvalue weighted by Gasteiger charge is -2.29. The summed E-state index contributed by atoms with van der Waals surface area (Å²) in [5.41, 5.74) is 0.813. The average Bonchev–Trinajstić information content (AvgIpc) is 3.04. The Bertz CT molecular complexity index is 791. The largest absolute Gasteiger partial charge is 0.476 e. The van der Waals surface area contributed by atoms with E-state index in [2.05, 4.69) is 20.4 Å². The van der Waals surface area contributed by atoms with Crippen LogP contribution in [0.25, 0.3) is 5.95 Å². The van der Waals surface area contributed by atoms with Gasteiger partial charge in [0.2, 0.25) is 11.8 Å². The van der Waals surface area contributed by atoms with E-state index >= 15 is 0 Å². The van der Waals surface area contributed by atoms with Crippen LogP contribution in [0.5, 0.6) is 5.88 Å². The predicted octanol–water partition coefficient (Wildman–Crippen LogP) is 3.25. The van der Waals surface area contributed by atoms with Crippen molar-refractivity contribution in [1.29, 1.82) is 5.26 Å². The van der Waals surface area contributed by atoms with Gasteiger partial charge in [0.1, 0.15) is 12.4 Å². The second kappa shape index (κ2) is 7.64. The molecule has 26 heavy (non-hydrogen) atoms. The van der Waals surface area contributed by atoms with Crippen molar-refractivity contribution in [2.24, 2.45) is 0 Å². The third kappa shape index (κ3) is 4.65. The van der Waals surface area contributed by atoms with Gasteiger partial charge in [0.05, 0.1) is 18.2 Å². The molecule has 0 bridgehead atoms. The van der Waals surface area contributed by atoms with Crippen molar-refractivity contribution in [3.63, 3.8) is 0 Å². The molecule has 2 aromatic rings. The molecule has 0 radical (unpaired) electrons. The van der Waals surface area contributed by atoms with Gasteiger partial charge in [0, 0.05) is 31.1 Å². The van der Waals surface area contributed by atoms with Gasteiger partial charge in [0.15, 0.2) is 0 Å². The molecule has 0 saturated heterocycles. The summed E-state index contributed by atoms with van der Waals surface area (Å²) < 4.78 is 33.7. The fourth-order valence-electron chi connectivity index (χ4n) is 2.78. The Labute approximate surface area is 150 Å². The minimum absolute atomic E-state index is 0.0799. The summed E-state index contributed by atoms with van der Waals surface area (Å²) in [6.45, 7) is 2.06. The molecule has 0 amide bonds. The van der Waals surface area contributed by atoms with E-state index in [1.165, 1.54) is 4.68 Å². The molecule has 0 unspecified atom stereocenters. The number of alkyl halides is 2. The van der Waals surface area contributed by atoms with Gasteiger partial charge in [-0.1, -0.05) is 0 Å². The highest BCUT2D eigenvalue weighted by molar-refractivity contribution is 5.42. The minimum Gasteiger partial charge on any atom is -0.476 e. The number of hydrogen-bond acceptors (Lipinski definition) is 6. The molecule has 1 aliphatic carbocycles. The number of nitrogens with zero attached hydrogens (tertiary/aromatic N) is 5. The average molecular weight is 362 g/mol. The standard InChI is InChI=1S/C17H20F2N6O/c1-12-5-9-25(24-12)16-22-14(11-15(23-16)26-10-2-8-20)21-13-3-6-17(18,19)7-4-13/h5,9,11,13H,2-4,6-7,10H2,1H3,(H,21,22,23). The maximum atomic E-state index is 13.3. The molecule has 1 saturated carbocycles. The lowest BCUT2D eigenvalue weighted by atomic mass is 9.92. The Morgan fingerprint density at radius 1 is 1.38 bits per heavy atom. The van der Waals surface area contributed by atoms with Crippen LogP contribution in [0.1, 0.15) is 37.8 Å². The van der Waals surface area contributed by atoms with Crippen LogP contribution in [0.15, 0.2) is 18.3 Å². The molecule has 1 fully saturated rings. The highest BCUT2D eigenvalue weighted by Crippen LogP contribution is 2.34. The van der Waals surface area contributed by atoms with Gasteiger partial charge in [-0.05, 0) is 25.8 Å². The zero-order valence-electron chi connectivity index (χ0n) is 14.5. The molecule has 2 heterocycles. The Morgan fingerprint density at radius 2 is 2.15 bits per heavy atom. The topological polar surface area (TPSA) is 88.6 Å². The first-order valence-corrected chi connectivity index (χ1v) is 8.51. The van der Waals surface area contributed by atoms with Crippen LogP contribution in [0.4, 0.5) is 14.6 Å². The summed E-state index contributed by atoms with van der Waals surface area (Å²) in [5.74, 6) is -1.46. The van der Waals surface area contributed by atoms with Gasteiger partial charge < -0.3 is 10.1 Å². The van der Waals surface area contributed by atoms with Crippen LogP contribution < -0.4 is 10.1 Å². The SMILES string of the molecule is Cc1ccn(-c2nc(NC3CCC(F)(F)CC3)cc(OCCC#N)n2)n1. The van der Waals surface area contributed by atoms with E-state index in [4.69, 9.17) is 10.00 Å². The number of ether oxygens (including phenoxy) is 1. The number of anilines is 1. The molecule has 2 aromatic heterocycles. The third-order valence-electron chi connectivity index (χ3n) is 4.15. The number of nitrogens with one attached hydrogen (secondary N) is 1. The van der Waals surface area contributed by atoms with Gasteiger partial charge >= 0.3 is 0 Å². The molecule has 7 nitrogen and oxygen atoms in total. The van der Waals surface area contributed by atoms with E-state index in [9.17, 15) is 8.78 Å². The number of rotatable bonds is 6. The lowest BCUT2D eigenvalue weighted by molar-refractivity contribution is -0.0361. The Balaban J connectivity index is 1.79. The van der Waals surface area contributed by atoms with Crippen molar-refractivity contribution in [2.75, 3.05) is 11.9 Å². The fraction of sp³-hybridized carbons (Fsp3) is 0.529. The molecule has 1 aliphatic rings. The highest BCUT2D eigenvalue weighted by atomic mass is 19.3. The summed E-state index contributed by atoms with van der Waals surface area (Å²) >= 11 is 0. The minimum atomic E-state index is -2.58. The highest BCUT2D eigenvalue weighted by Gasteiger charge is 2.35. The summed E-state index contributed by atoms with van der Waals surface area (Å²) in [6, 6.07) is 5.36. The van der Waals surface area contributed by atoms with E-state index in [1.807, 2.05) is 19.1 Å². The van der Waals surface area contributed by atoms with Gasteiger partial charge in [-0.15, -0.1) is 0 Å². The zero-order chi connectivity index (χ0) is 18.6. The van der Waals surface area contributed by atoms with E-state index in [1.54, 1.807) is 12.3 Å².